The summed E-state index contributed by atoms with van der Waals surface area (Å²) in [5.74, 6) is 0.824. The summed E-state index contributed by atoms with van der Waals surface area (Å²) in [5.41, 5.74) is 1.21. The summed E-state index contributed by atoms with van der Waals surface area (Å²) < 4.78 is 0. The fourth-order valence-corrected chi connectivity index (χ4v) is 2.51. The van der Waals surface area contributed by atoms with Gasteiger partial charge in [-0.25, -0.2) is 0 Å². The minimum atomic E-state index is -0.133. The molecule has 0 saturated heterocycles. The van der Waals surface area contributed by atoms with E-state index in [0.717, 1.165) is 11.3 Å². The van der Waals surface area contributed by atoms with Crippen LogP contribution in [0.5, 0.6) is 0 Å². The molecule has 0 aliphatic carbocycles. The van der Waals surface area contributed by atoms with E-state index in [9.17, 15) is 9.90 Å². The van der Waals surface area contributed by atoms with E-state index in [-0.39, 0.29) is 18.6 Å². The molecule has 0 heterocycles. The molecule has 1 rings (SSSR count). The molecule has 106 valence electrons. The van der Waals surface area contributed by atoms with Crippen LogP contribution in [-0.4, -0.2) is 29.4 Å². The van der Waals surface area contributed by atoms with Gasteiger partial charge in [-0.3, -0.25) is 4.79 Å². The highest BCUT2D eigenvalue weighted by atomic mass is 32.2. The van der Waals surface area contributed by atoms with Crippen LogP contribution in [0.2, 0.25) is 0 Å². The van der Waals surface area contributed by atoms with Gasteiger partial charge in [-0.05, 0) is 31.4 Å². The summed E-state index contributed by atoms with van der Waals surface area (Å²) >= 11 is 1.51. The van der Waals surface area contributed by atoms with E-state index in [2.05, 4.69) is 19.2 Å². The molecule has 19 heavy (non-hydrogen) atoms. The summed E-state index contributed by atoms with van der Waals surface area (Å²) in [6.45, 7) is 6.20. The zero-order chi connectivity index (χ0) is 14.3. The lowest BCUT2D eigenvalue weighted by Gasteiger charge is -2.18. The lowest BCUT2D eigenvalue weighted by Crippen LogP contribution is -2.39. The second-order valence-electron chi connectivity index (χ2n) is 5.18. The minimum Gasteiger partial charge on any atom is -0.394 e. The Morgan fingerprint density at radius 3 is 2.47 bits per heavy atom. The molecule has 0 fully saturated rings. The molecule has 1 atom stereocenters. The molecule has 4 heteroatoms. The maximum Gasteiger partial charge on any atom is 0.230 e. The highest BCUT2D eigenvalue weighted by Gasteiger charge is 2.13. The summed E-state index contributed by atoms with van der Waals surface area (Å²) in [7, 11) is 0. The molecule has 1 aromatic rings. The number of carbonyl (C=O) groups is 1. The Morgan fingerprint density at radius 2 is 1.95 bits per heavy atom. The van der Waals surface area contributed by atoms with E-state index in [4.69, 9.17) is 0 Å². The number of carbonyl (C=O) groups excluding carboxylic acids is 1. The van der Waals surface area contributed by atoms with Gasteiger partial charge in [0, 0.05) is 4.90 Å². The van der Waals surface area contributed by atoms with Crippen LogP contribution in [0.1, 0.15) is 25.8 Å². The average Bonchev–Trinajstić information content (AvgIpc) is 2.36. The first kappa shape index (κ1) is 16.1. The van der Waals surface area contributed by atoms with E-state index in [1.54, 1.807) is 0 Å². The van der Waals surface area contributed by atoms with E-state index in [0.29, 0.717) is 11.7 Å². The van der Waals surface area contributed by atoms with Crippen molar-refractivity contribution in [2.75, 3.05) is 12.4 Å². The maximum atomic E-state index is 11.8. The Balaban J connectivity index is 2.36. The van der Waals surface area contributed by atoms with Gasteiger partial charge in [0.1, 0.15) is 0 Å². The Hall–Kier alpha value is -1.00. The van der Waals surface area contributed by atoms with Gasteiger partial charge in [0.25, 0.3) is 0 Å². The topological polar surface area (TPSA) is 49.3 Å². The number of hydrogen-bond donors (Lipinski definition) is 2. The van der Waals surface area contributed by atoms with E-state index in [1.807, 2.05) is 31.2 Å². The fraction of sp³-hybridized carbons (Fsp3) is 0.533. The van der Waals surface area contributed by atoms with Gasteiger partial charge >= 0.3 is 0 Å². The number of benzene rings is 1. The van der Waals surface area contributed by atoms with Crippen molar-refractivity contribution in [1.82, 2.24) is 5.32 Å². The van der Waals surface area contributed by atoms with Crippen molar-refractivity contribution in [2.24, 2.45) is 5.92 Å². The third kappa shape index (κ3) is 6.64. The van der Waals surface area contributed by atoms with Gasteiger partial charge in [-0.15, -0.1) is 11.8 Å². The zero-order valence-electron chi connectivity index (χ0n) is 11.8. The van der Waals surface area contributed by atoms with Gasteiger partial charge in [-0.2, -0.15) is 0 Å². The summed E-state index contributed by atoms with van der Waals surface area (Å²) in [4.78, 5) is 12.9. The van der Waals surface area contributed by atoms with Crippen molar-refractivity contribution >= 4 is 17.7 Å². The van der Waals surface area contributed by atoms with Gasteiger partial charge in [0.15, 0.2) is 0 Å². The molecule has 0 radical (unpaired) electrons. The highest BCUT2D eigenvalue weighted by molar-refractivity contribution is 8.00. The predicted molar refractivity (Wildman–Crippen MR) is 80.4 cm³/mol. The largest absolute Gasteiger partial charge is 0.394 e. The first-order valence-corrected chi connectivity index (χ1v) is 7.59. The third-order valence-electron chi connectivity index (χ3n) is 2.73. The second-order valence-corrected chi connectivity index (χ2v) is 6.23. The second kappa shape index (κ2) is 8.23. The lowest BCUT2D eigenvalue weighted by atomic mass is 10.0. The Kier molecular flexibility index (Phi) is 6.95. The normalized spacial score (nSPS) is 12.5. The van der Waals surface area contributed by atoms with Crippen LogP contribution in [0.3, 0.4) is 0 Å². The smallest absolute Gasteiger partial charge is 0.230 e. The molecule has 0 spiro atoms. The number of rotatable bonds is 7. The SMILES string of the molecule is Cc1ccc(SCC(=O)NC(CO)CC(C)C)cc1. The molecule has 0 bridgehead atoms. The molecular weight excluding hydrogens is 258 g/mol. The van der Waals surface area contributed by atoms with E-state index in [1.165, 1.54) is 17.3 Å². The van der Waals surface area contributed by atoms with Crippen LogP contribution >= 0.6 is 11.8 Å². The van der Waals surface area contributed by atoms with Crippen LogP contribution in [-0.2, 0) is 4.79 Å². The number of thioether (sulfide) groups is 1. The first-order chi connectivity index (χ1) is 9.01. The van der Waals surface area contributed by atoms with Crippen LogP contribution in [0, 0.1) is 12.8 Å². The summed E-state index contributed by atoms with van der Waals surface area (Å²) in [6, 6.07) is 7.98. The van der Waals surface area contributed by atoms with Crippen LogP contribution in [0.25, 0.3) is 0 Å². The minimum absolute atomic E-state index is 0.000875. The van der Waals surface area contributed by atoms with Gasteiger partial charge in [0.2, 0.25) is 5.91 Å². The van der Waals surface area contributed by atoms with Crippen LogP contribution < -0.4 is 5.32 Å². The highest BCUT2D eigenvalue weighted by Crippen LogP contribution is 2.18. The van der Waals surface area contributed by atoms with Crippen molar-refractivity contribution in [3.63, 3.8) is 0 Å². The molecule has 1 aromatic carbocycles. The molecule has 0 aliphatic heterocycles. The molecular formula is C15H23NO2S. The fourth-order valence-electron chi connectivity index (χ4n) is 1.80. The molecule has 0 aromatic heterocycles. The maximum absolute atomic E-state index is 11.8. The van der Waals surface area contributed by atoms with Gasteiger partial charge in [-0.1, -0.05) is 31.5 Å². The Bertz CT molecular complexity index is 390. The first-order valence-electron chi connectivity index (χ1n) is 6.61. The number of aryl methyl sites for hydroxylation is 1. The van der Waals surface area contributed by atoms with Crippen molar-refractivity contribution in [3.05, 3.63) is 29.8 Å². The Morgan fingerprint density at radius 1 is 1.32 bits per heavy atom. The molecule has 2 N–H and O–H groups in total. The zero-order valence-corrected chi connectivity index (χ0v) is 12.7. The molecule has 1 amide bonds. The van der Waals surface area contributed by atoms with Crippen molar-refractivity contribution in [2.45, 2.75) is 38.1 Å². The van der Waals surface area contributed by atoms with E-state index < -0.39 is 0 Å². The Labute approximate surface area is 119 Å². The number of aliphatic hydroxyl groups is 1. The molecule has 1 unspecified atom stereocenters. The molecule has 0 saturated carbocycles. The standard InChI is InChI=1S/C15H23NO2S/c1-11(2)8-13(9-17)16-15(18)10-19-14-6-4-12(3)5-7-14/h4-7,11,13,17H,8-10H2,1-3H3,(H,16,18). The predicted octanol–water partition coefficient (Wildman–Crippen LogP) is 2.61. The lowest BCUT2D eigenvalue weighted by molar-refractivity contribution is -0.119. The number of nitrogens with one attached hydrogen (secondary N) is 1. The van der Waals surface area contributed by atoms with Crippen LogP contribution in [0.15, 0.2) is 29.2 Å². The number of hydrogen-bond acceptors (Lipinski definition) is 3. The summed E-state index contributed by atoms with van der Waals surface area (Å²) in [5, 5.41) is 12.1. The van der Waals surface area contributed by atoms with Crippen molar-refractivity contribution in [1.29, 1.82) is 0 Å². The van der Waals surface area contributed by atoms with Crippen molar-refractivity contribution in [3.8, 4) is 0 Å². The third-order valence-corrected chi connectivity index (χ3v) is 3.74. The summed E-state index contributed by atoms with van der Waals surface area (Å²) in [6.07, 6.45) is 0.803. The van der Waals surface area contributed by atoms with Crippen molar-refractivity contribution < 1.29 is 9.90 Å². The number of amides is 1. The average molecular weight is 281 g/mol. The quantitative estimate of drug-likeness (QED) is 0.755. The van der Waals surface area contributed by atoms with Crippen LogP contribution in [0.4, 0.5) is 0 Å². The monoisotopic (exact) mass is 281 g/mol. The van der Waals surface area contributed by atoms with Gasteiger partial charge < -0.3 is 10.4 Å². The van der Waals surface area contributed by atoms with E-state index >= 15 is 0 Å². The van der Waals surface area contributed by atoms with Gasteiger partial charge in [0.05, 0.1) is 18.4 Å². The number of aliphatic hydroxyl groups excluding tert-OH is 1. The molecule has 3 nitrogen and oxygen atoms in total. The molecule has 0 aliphatic rings.